The predicted octanol–water partition coefficient (Wildman–Crippen LogP) is 5.92. The Morgan fingerprint density at radius 2 is 1.56 bits per heavy atom. The van der Waals surface area contributed by atoms with Crippen molar-refractivity contribution in [2.45, 2.75) is 97.0 Å². The number of carbonyl (C=O) groups excluding carboxylic acids is 1. The van der Waals surface area contributed by atoms with Crippen LogP contribution >= 0.6 is 0 Å². The van der Waals surface area contributed by atoms with Gasteiger partial charge in [-0.15, -0.1) is 0 Å². The minimum atomic E-state index is -0.448. The van der Waals surface area contributed by atoms with Crippen molar-refractivity contribution in [3.05, 3.63) is 71.3 Å². The SMILES string of the molecule is Cc1ccc(CN2CCC([C@H](c3ccccc3)N3CCN(C4(C)CCN(C(=O)OC(C)(C)C)CC4)C[C@@H]3C)CC2)cc1.O. The minimum Gasteiger partial charge on any atom is -0.444 e. The fourth-order valence-corrected chi connectivity index (χ4v) is 7.45. The molecule has 2 N–H and O–H groups in total. The molecule has 2 aromatic rings. The Kier molecular flexibility index (Phi) is 11.0. The molecule has 0 spiro atoms. The van der Waals surface area contributed by atoms with Gasteiger partial charge in [0.15, 0.2) is 0 Å². The van der Waals surface area contributed by atoms with Crippen molar-refractivity contribution < 1.29 is 15.0 Å². The second-order valence-electron chi connectivity index (χ2n) is 14.5. The molecule has 238 valence electrons. The molecule has 5 rings (SSSR count). The lowest BCUT2D eigenvalue weighted by Crippen LogP contribution is -2.63. The van der Waals surface area contributed by atoms with E-state index in [-0.39, 0.29) is 17.1 Å². The third-order valence-corrected chi connectivity index (χ3v) is 10.0. The molecular weight excluding hydrogens is 536 g/mol. The number of nitrogens with zero attached hydrogens (tertiary/aromatic N) is 4. The molecular formula is C36H56N4O3. The standard InChI is InChI=1S/C36H54N4O2.H2O/c1-28-12-14-30(15-13-28)27-37-20-16-32(17-21-37)33(31-10-8-7-9-11-31)40-25-24-39(26-29(40)2)36(6)18-22-38(23-19-36)34(41)42-35(3,4)5;/h7-15,29,32-33H,16-27H2,1-6H3;1H2/t29-,33-;/m0./s1. The molecule has 3 saturated heterocycles. The summed E-state index contributed by atoms with van der Waals surface area (Å²) in [6, 6.07) is 21.3. The fraction of sp³-hybridized carbons (Fsp3) is 0.639. The lowest BCUT2D eigenvalue weighted by atomic mass is 9.82. The molecule has 0 aliphatic carbocycles. The number of amides is 1. The number of hydrogen-bond donors (Lipinski definition) is 0. The smallest absolute Gasteiger partial charge is 0.410 e. The Labute approximate surface area is 260 Å². The van der Waals surface area contributed by atoms with E-state index in [0.29, 0.717) is 18.0 Å². The van der Waals surface area contributed by atoms with Gasteiger partial charge in [0.1, 0.15) is 5.60 Å². The van der Waals surface area contributed by atoms with Crippen LogP contribution in [0.4, 0.5) is 4.79 Å². The van der Waals surface area contributed by atoms with E-state index in [9.17, 15) is 4.79 Å². The van der Waals surface area contributed by atoms with Crippen LogP contribution in [0, 0.1) is 12.8 Å². The quantitative estimate of drug-likeness (QED) is 0.417. The number of piperidine rings is 2. The first-order valence-corrected chi connectivity index (χ1v) is 16.3. The lowest BCUT2D eigenvalue weighted by molar-refractivity contribution is -0.0486. The van der Waals surface area contributed by atoms with Crippen LogP contribution in [0.5, 0.6) is 0 Å². The number of ether oxygens (including phenoxy) is 1. The largest absolute Gasteiger partial charge is 0.444 e. The Morgan fingerprint density at radius 3 is 2.14 bits per heavy atom. The summed E-state index contributed by atoms with van der Waals surface area (Å²) in [5.41, 5.74) is 3.91. The van der Waals surface area contributed by atoms with Gasteiger partial charge >= 0.3 is 6.09 Å². The Morgan fingerprint density at radius 1 is 0.930 bits per heavy atom. The molecule has 3 aliphatic heterocycles. The van der Waals surface area contributed by atoms with Gasteiger partial charge in [-0.3, -0.25) is 14.7 Å². The van der Waals surface area contributed by atoms with E-state index in [1.165, 1.54) is 42.6 Å². The van der Waals surface area contributed by atoms with Crippen molar-refractivity contribution in [2.75, 3.05) is 45.8 Å². The van der Waals surface area contributed by atoms with Crippen LogP contribution in [-0.2, 0) is 11.3 Å². The van der Waals surface area contributed by atoms with Crippen molar-refractivity contribution >= 4 is 6.09 Å². The zero-order chi connectivity index (χ0) is 29.9. The molecule has 1 amide bonds. The highest BCUT2D eigenvalue weighted by Gasteiger charge is 2.43. The molecule has 2 aromatic carbocycles. The van der Waals surface area contributed by atoms with Crippen LogP contribution in [0.3, 0.4) is 0 Å². The second-order valence-corrected chi connectivity index (χ2v) is 14.5. The summed E-state index contributed by atoms with van der Waals surface area (Å²) in [6.45, 7) is 21.0. The van der Waals surface area contributed by atoms with Crippen molar-refractivity contribution in [2.24, 2.45) is 5.92 Å². The Bertz CT molecular complexity index is 1150. The van der Waals surface area contributed by atoms with Crippen molar-refractivity contribution in [1.29, 1.82) is 0 Å². The minimum absolute atomic E-state index is 0. The molecule has 7 nitrogen and oxygen atoms in total. The van der Waals surface area contributed by atoms with Gasteiger partial charge in [-0.05, 0) is 97.4 Å². The fourth-order valence-electron chi connectivity index (χ4n) is 7.45. The highest BCUT2D eigenvalue weighted by Crippen LogP contribution is 2.40. The molecule has 7 heteroatoms. The molecule has 0 unspecified atom stereocenters. The van der Waals surface area contributed by atoms with E-state index in [4.69, 9.17) is 4.74 Å². The molecule has 3 fully saturated rings. The maximum Gasteiger partial charge on any atom is 0.410 e. The van der Waals surface area contributed by atoms with Gasteiger partial charge in [0.2, 0.25) is 0 Å². The maximum absolute atomic E-state index is 12.7. The summed E-state index contributed by atoms with van der Waals surface area (Å²) >= 11 is 0. The van der Waals surface area contributed by atoms with Gasteiger partial charge in [0, 0.05) is 56.9 Å². The molecule has 2 atom stereocenters. The van der Waals surface area contributed by atoms with Gasteiger partial charge in [-0.2, -0.15) is 0 Å². The number of benzene rings is 2. The molecule has 0 saturated carbocycles. The zero-order valence-electron chi connectivity index (χ0n) is 27.5. The van der Waals surface area contributed by atoms with E-state index in [2.05, 4.69) is 90.1 Å². The second kappa shape index (κ2) is 14.1. The molecule has 43 heavy (non-hydrogen) atoms. The first kappa shape index (κ1) is 33.4. The number of aryl methyl sites for hydroxylation is 1. The Hall–Kier alpha value is -2.45. The summed E-state index contributed by atoms with van der Waals surface area (Å²) in [5, 5.41) is 0. The van der Waals surface area contributed by atoms with E-state index in [0.717, 1.165) is 52.1 Å². The van der Waals surface area contributed by atoms with Gasteiger partial charge in [0.05, 0.1) is 0 Å². The average molecular weight is 593 g/mol. The van der Waals surface area contributed by atoms with E-state index < -0.39 is 5.60 Å². The molecule has 0 bridgehead atoms. The van der Waals surface area contributed by atoms with Gasteiger partial charge in [0.25, 0.3) is 0 Å². The van der Waals surface area contributed by atoms with Gasteiger partial charge < -0.3 is 15.1 Å². The lowest BCUT2D eigenvalue weighted by Gasteiger charge is -2.54. The van der Waals surface area contributed by atoms with Gasteiger partial charge in [-0.25, -0.2) is 4.79 Å². The van der Waals surface area contributed by atoms with Crippen LogP contribution in [-0.4, -0.2) is 94.2 Å². The van der Waals surface area contributed by atoms with Crippen LogP contribution in [0.2, 0.25) is 0 Å². The third-order valence-electron chi connectivity index (χ3n) is 10.0. The van der Waals surface area contributed by atoms with Crippen molar-refractivity contribution in [3.8, 4) is 0 Å². The third kappa shape index (κ3) is 8.39. The topological polar surface area (TPSA) is 70.8 Å². The van der Waals surface area contributed by atoms with Crippen LogP contribution in [0.1, 0.15) is 83.0 Å². The number of rotatable bonds is 6. The highest BCUT2D eigenvalue weighted by molar-refractivity contribution is 5.68. The van der Waals surface area contributed by atoms with Crippen molar-refractivity contribution in [3.63, 3.8) is 0 Å². The van der Waals surface area contributed by atoms with Crippen LogP contribution in [0.25, 0.3) is 0 Å². The molecule has 0 radical (unpaired) electrons. The first-order chi connectivity index (χ1) is 20.0. The molecule has 3 aliphatic rings. The van der Waals surface area contributed by atoms with Gasteiger partial charge in [-0.1, -0.05) is 60.2 Å². The predicted molar refractivity (Wildman–Crippen MR) is 175 cm³/mol. The first-order valence-electron chi connectivity index (χ1n) is 16.3. The van der Waals surface area contributed by atoms with E-state index in [1.54, 1.807) is 0 Å². The normalized spacial score (nSPS) is 23.4. The molecule has 0 aromatic heterocycles. The van der Waals surface area contributed by atoms with Crippen molar-refractivity contribution in [1.82, 2.24) is 19.6 Å². The highest BCUT2D eigenvalue weighted by atomic mass is 16.6. The summed E-state index contributed by atoms with van der Waals surface area (Å²) in [4.78, 5) is 22.8. The summed E-state index contributed by atoms with van der Waals surface area (Å²) in [5.74, 6) is 0.670. The number of hydrogen-bond acceptors (Lipinski definition) is 5. The number of carbonyl (C=O) groups is 1. The zero-order valence-corrected chi connectivity index (χ0v) is 27.5. The summed E-state index contributed by atoms with van der Waals surface area (Å²) in [7, 11) is 0. The maximum atomic E-state index is 12.7. The summed E-state index contributed by atoms with van der Waals surface area (Å²) < 4.78 is 5.65. The molecule has 3 heterocycles. The monoisotopic (exact) mass is 592 g/mol. The van der Waals surface area contributed by atoms with Crippen LogP contribution in [0.15, 0.2) is 54.6 Å². The number of likely N-dealkylation sites (tertiary alicyclic amines) is 2. The van der Waals surface area contributed by atoms with E-state index >= 15 is 0 Å². The number of piperazine rings is 1. The van der Waals surface area contributed by atoms with Crippen LogP contribution < -0.4 is 0 Å². The average Bonchev–Trinajstić information content (AvgIpc) is 2.96. The van der Waals surface area contributed by atoms with E-state index in [1.807, 2.05) is 25.7 Å². The summed E-state index contributed by atoms with van der Waals surface area (Å²) in [6.07, 6.45) is 4.33. The Balaban J connectivity index is 0.00000423.